The second kappa shape index (κ2) is 6.27. The van der Waals surface area contributed by atoms with E-state index in [1.165, 1.54) is 11.0 Å². The standard InChI is InChI=1S/C17H17ClFNO/c1-11-4-9-16(19)15(10-11)17(21)20(3)12(2)13-5-7-14(18)8-6-13/h4-10,12H,1-3H3. The molecule has 0 saturated heterocycles. The van der Waals surface area contributed by atoms with Gasteiger partial charge in [0.2, 0.25) is 0 Å². The van der Waals surface area contributed by atoms with E-state index in [-0.39, 0.29) is 17.5 Å². The van der Waals surface area contributed by atoms with Gasteiger partial charge in [-0.25, -0.2) is 4.39 Å². The molecule has 21 heavy (non-hydrogen) atoms. The number of benzene rings is 2. The Labute approximate surface area is 129 Å². The Balaban J connectivity index is 2.26. The second-order valence-electron chi connectivity index (χ2n) is 5.13. The maximum Gasteiger partial charge on any atom is 0.257 e. The van der Waals surface area contributed by atoms with Gasteiger partial charge in [0, 0.05) is 12.1 Å². The number of rotatable bonds is 3. The lowest BCUT2D eigenvalue weighted by Gasteiger charge is -2.25. The number of aryl methyl sites for hydroxylation is 1. The molecular formula is C17H17ClFNO. The Morgan fingerprint density at radius 3 is 2.43 bits per heavy atom. The zero-order valence-corrected chi connectivity index (χ0v) is 13.0. The highest BCUT2D eigenvalue weighted by Gasteiger charge is 2.21. The predicted octanol–water partition coefficient (Wildman–Crippen LogP) is 4.62. The molecule has 0 spiro atoms. The number of hydrogen-bond donors (Lipinski definition) is 0. The Kier molecular flexibility index (Phi) is 4.63. The molecule has 0 fully saturated rings. The van der Waals surface area contributed by atoms with E-state index in [1.54, 1.807) is 31.3 Å². The summed E-state index contributed by atoms with van der Waals surface area (Å²) in [5, 5.41) is 0.643. The van der Waals surface area contributed by atoms with Gasteiger partial charge in [-0.3, -0.25) is 4.79 Å². The van der Waals surface area contributed by atoms with Crippen LogP contribution >= 0.6 is 11.6 Å². The third-order valence-electron chi connectivity index (χ3n) is 3.61. The van der Waals surface area contributed by atoms with E-state index in [0.717, 1.165) is 11.1 Å². The van der Waals surface area contributed by atoms with E-state index >= 15 is 0 Å². The summed E-state index contributed by atoms with van der Waals surface area (Å²) in [6.07, 6.45) is 0. The molecule has 1 atom stereocenters. The molecule has 2 nitrogen and oxygen atoms in total. The van der Waals surface area contributed by atoms with Crippen molar-refractivity contribution in [1.29, 1.82) is 0 Å². The van der Waals surface area contributed by atoms with Crippen molar-refractivity contribution in [3.63, 3.8) is 0 Å². The minimum absolute atomic E-state index is 0.0957. The topological polar surface area (TPSA) is 20.3 Å². The molecule has 0 heterocycles. The Morgan fingerprint density at radius 2 is 1.81 bits per heavy atom. The van der Waals surface area contributed by atoms with Crippen LogP contribution < -0.4 is 0 Å². The fraction of sp³-hybridized carbons (Fsp3) is 0.235. The van der Waals surface area contributed by atoms with Gasteiger partial charge < -0.3 is 4.90 Å². The molecule has 1 unspecified atom stereocenters. The maximum atomic E-state index is 13.8. The summed E-state index contributed by atoms with van der Waals surface area (Å²) >= 11 is 5.86. The average Bonchev–Trinajstić information content (AvgIpc) is 2.48. The van der Waals surface area contributed by atoms with Crippen LogP contribution in [0.15, 0.2) is 42.5 Å². The average molecular weight is 306 g/mol. The quantitative estimate of drug-likeness (QED) is 0.810. The Morgan fingerprint density at radius 1 is 1.19 bits per heavy atom. The monoisotopic (exact) mass is 305 g/mol. The molecule has 0 bridgehead atoms. The molecule has 4 heteroatoms. The van der Waals surface area contributed by atoms with Crippen LogP contribution in [0.5, 0.6) is 0 Å². The van der Waals surface area contributed by atoms with E-state index in [0.29, 0.717) is 5.02 Å². The number of amides is 1. The van der Waals surface area contributed by atoms with E-state index < -0.39 is 5.82 Å². The highest BCUT2D eigenvalue weighted by atomic mass is 35.5. The number of hydrogen-bond acceptors (Lipinski definition) is 1. The number of nitrogens with zero attached hydrogens (tertiary/aromatic N) is 1. The molecule has 110 valence electrons. The van der Waals surface area contributed by atoms with Gasteiger partial charge in [0.1, 0.15) is 5.82 Å². The van der Waals surface area contributed by atoms with Crippen molar-refractivity contribution >= 4 is 17.5 Å². The lowest BCUT2D eigenvalue weighted by atomic mass is 10.1. The van der Waals surface area contributed by atoms with Crippen molar-refractivity contribution in [2.45, 2.75) is 19.9 Å². The predicted molar refractivity (Wildman–Crippen MR) is 83.1 cm³/mol. The molecule has 2 aromatic carbocycles. The third kappa shape index (κ3) is 3.42. The van der Waals surface area contributed by atoms with Crippen molar-refractivity contribution in [3.8, 4) is 0 Å². The molecule has 1 amide bonds. The van der Waals surface area contributed by atoms with Crippen molar-refractivity contribution < 1.29 is 9.18 Å². The number of carbonyl (C=O) groups is 1. The van der Waals surface area contributed by atoms with Gasteiger partial charge in [0.25, 0.3) is 5.91 Å². The molecule has 0 radical (unpaired) electrons. The van der Waals surface area contributed by atoms with Crippen molar-refractivity contribution in [1.82, 2.24) is 4.90 Å². The SMILES string of the molecule is Cc1ccc(F)c(C(=O)N(C)C(C)c2ccc(Cl)cc2)c1. The number of carbonyl (C=O) groups excluding carboxylic acids is 1. The fourth-order valence-electron chi connectivity index (χ4n) is 2.13. The van der Waals surface area contributed by atoms with Gasteiger partial charge in [0.05, 0.1) is 11.6 Å². The Bertz CT molecular complexity index is 654. The lowest BCUT2D eigenvalue weighted by Crippen LogP contribution is -2.30. The van der Waals surface area contributed by atoms with Gasteiger partial charge in [-0.1, -0.05) is 35.4 Å². The largest absolute Gasteiger partial charge is 0.335 e. The van der Waals surface area contributed by atoms with Gasteiger partial charge in [-0.15, -0.1) is 0 Å². The van der Waals surface area contributed by atoms with E-state index in [2.05, 4.69) is 0 Å². The van der Waals surface area contributed by atoms with Crippen LogP contribution in [0.3, 0.4) is 0 Å². The van der Waals surface area contributed by atoms with Gasteiger partial charge in [0.15, 0.2) is 0 Å². The number of halogens is 2. The summed E-state index contributed by atoms with van der Waals surface area (Å²) in [7, 11) is 1.67. The summed E-state index contributed by atoms with van der Waals surface area (Å²) in [6, 6.07) is 11.7. The minimum Gasteiger partial charge on any atom is -0.335 e. The lowest BCUT2D eigenvalue weighted by molar-refractivity contribution is 0.0738. The second-order valence-corrected chi connectivity index (χ2v) is 5.56. The summed E-state index contributed by atoms with van der Waals surface area (Å²) in [6.45, 7) is 3.73. The van der Waals surface area contributed by atoms with Crippen LogP contribution in [0.1, 0.15) is 34.5 Å². The van der Waals surface area contributed by atoms with E-state index in [1.807, 2.05) is 26.0 Å². The third-order valence-corrected chi connectivity index (χ3v) is 3.86. The summed E-state index contributed by atoms with van der Waals surface area (Å²) in [4.78, 5) is 14.0. The maximum absolute atomic E-state index is 13.8. The molecule has 0 aliphatic carbocycles. The first kappa shape index (κ1) is 15.5. The Hall–Kier alpha value is -1.87. The summed E-state index contributed by atoms with van der Waals surface area (Å²) < 4.78 is 13.8. The summed E-state index contributed by atoms with van der Waals surface area (Å²) in [5.74, 6) is -0.834. The smallest absolute Gasteiger partial charge is 0.257 e. The van der Waals surface area contributed by atoms with Crippen LogP contribution in [0.25, 0.3) is 0 Å². The fourth-order valence-corrected chi connectivity index (χ4v) is 2.26. The molecular weight excluding hydrogens is 289 g/mol. The first-order valence-corrected chi connectivity index (χ1v) is 7.06. The first-order valence-electron chi connectivity index (χ1n) is 6.69. The normalized spacial score (nSPS) is 12.0. The van der Waals surface area contributed by atoms with Crippen molar-refractivity contribution in [3.05, 3.63) is 70.0 Å². The molecule has 0 aromatic heterocycles. The first-order chi connectivity index (χ1) is 9.90. The highest BCUT2D eigenvalue weighted by Crippen LogP contribution is 2.23. The van der Waals surface area contributed by atoms with Crippen LogP contribution in [-0.4, -0.2) is 17.9 Å². The van der Waals surface area contributed by atoms with Gasteiger partial charge in [-0.2, -0.15) is 0 Å². The molecule has 2 aromatic rings. The van der Waals surface area contributed by atoms with Gasteiger partial charge in [-0.05, 0) is 43.7 Å². The van der Waals surface area contributed by atoms with E-state index in [9.17, 15) is 9.18 Å². The van der Waals surface area contributed by atoms with Crippen LogP contribution in [0.2, 0.25) is 5.02 Å². The van der Waals surface area contributed by atoms with Crippen LogP contribution in [0, 0.1) is 12.7 Å². The highest BCUT2D eigenvalue weighted by molar-refractivity contribution is 6.30. The molecule has 0 saturated carbocycles. The van der Waals surface area contributed by atoms with Crippen molar-refractivity contribution in [2.75, 3.05) is 7.05 Å². The molecule has 0 aliphatic rings. The molecule has 0 aliphatic heterocycles. The van der Waals surface area contributed by atoms with Crippen LogP contribution in [0.4, 0.5) is 4.39 Å². The zero-order valence-electron chi connectivity index (χ0n) is 12.2. The molecule has 2 rings (SSSR count). The molecule has 0 N–H and O–H groups in total. The van der Waals surface area contributed by atoms with Gasteiger partial charge >= 0.3 is 0 Å². The van der Waals surface area contributed by atoms with Crippen LogP contribution in [-0.2, 0) is 0 Å². The van der Waals surface area contributed by atoms with Crippen molar-refractivity contribution in [2.24, 2.45) is 0 Å². The van der Waals surface area contributed by atoms with E-state index in [4.69, 9.17) is 11.6 Å². The minimum atomic E-state index is -0.499. The zero-order chi connectivity index (χ0) is 15.6. The summed E-state index contributed by atoms with van der Waals surface area (Å²) in [5.41, 5.74) is 1.90.